The highest BCUT2D eigenvalue weighted by atomic mass is 35.5. The summed E-state index contributed by atoms with van der Waals surface area (Å²) in [7, 11) is 0. The molecule has 0 spiro atoms. The van der Waals surface area contributed by atoms with Crippen LogP contribution in [0.1, 0.15) is 33.1 Å². The lowest BCUT2D eigenvalue weighted by molar-refractivity contribution is -0.117. The summed E-state index contributed by atoms with van der Waals surface area (Å²) in [5.74, 6) is 1.65. The van der Waals surface area contributed by atoms with E-state index in [9.17, 15) is 4.79 Å². The van der Waals surface area contributed by atoms with Crippen molar-refractivity contribution < 1.29 is 9.53 Å². The summed E-state index contributed by atoms with van der Waals surface area (Å²) >= 11 is 6.13. The molecule has 0 radical (unpaired) electrons. The SMILES string of the molecule is CCOc1ccc(NC(=O)CC(C)C2CCCNC2)cc1Cl.Cl. The Bertz CT molecular complexity index is 505. The molecule has 23 heavy (non-hydrogen) atoms. The number of amides is 1. The Labute approximate surface area is 149 Å². The van der Waals surface area contributed by atoms with Crippen LogP contribution < -0.4 is 15.4 Å². The summed E-state index contributed by atoms with van der Waals surface area (Å²) in [4.78, 5) is 12.2. The fourth-order valence-corrected chi connectivity index (χ4v) is 3.12. The van der Waals surface area contributed by atoms with Crippen molar-refractivity contribution in [1.82, 2.24) is 5.32 Å². The molecule has 1 aliphatic heterocycles. The van der Waals surface area contributed by atoms with Crippen molar-refractivity contribution >= 4 is 35.6 Å². The van der Waals surface area contributed by atoms with Crippen LogP contribution in [0.5, 0.6) is 5.75 Å². The van der Waals surface area contributed by atoms with Crippen molar-refractivity contribution in [2.24, 2.45) is 11.8 Å². The third-order valence-electron chi connectivity index (χ3n) is 4.16. The Morgan fingerprint density at radius 2 is 2.30 bits per heavy atom. The van der Waals surface area contributed by atoms with Crippen LogP contribution in [0.4, 0.5) is 5.69 Å². The standard InChI is InChI=1S/C17H25ClN2O2.ClH/c1-3-22-16-7-6-14(10-15(16)18)20-17(21)9-12(2)13-5-4-8-19-11-13;/h6-7,10,12-13,19H,3-5,8-9,11H2,1-2H3,(H,20,21);1H. The fourth-order valence-electron chi connectivity index (χ4n) is 2.89. The molecular weight excluding hydrogens is 335 g/mol. The van der Waals surface area contributed by atoms with Crippen LogP contribution in [0.25, 0.3) is 0 Å². The number of hydrogen-bond donors (Lipinski definition) is 2. The minimum atomic E-state index is 0. The molecule has 1 aliphatic rings. The Kier molecular flexibility index (Phi) is 8.74. The van der Waals surface area contributed by atoms with E-state index < -0.39 is 0 Å². The van der Waals surface area contributed by atoms with Crippen LogP contribution in [0.2, 0.25) is 5.02 Å². The van der Waals surface area contributed by atoms with Crippen LogP contribution in [0.3, 0.4) is 0 Å². The van der Waals surface area contributed by atoms with Gasteiger partial charge in [-0.2, -0.15) is 0 Å². The summed E-state index contributed by atoms with van der Waals surface area (Å²) < 4.78 is 5.39. The Morgan fingerprint density at radius 3 is 2.91 bits per heavy atom. The lowest BCUT2D eigenvalue weighted by Gasteiger charge is -2.28. The Morgan fingerprint density at radius 1 is 1.52 bits per heavy atom. The van der Waals surface area contributed by atoms with E-state index in [0.717, 1.165) is 13.1 Å². The van der Waals surface area contributed by atoms with Gasteiger partial charge in [-0.05, 0) is 62.9 Å². The van der Waals surface area contributed by atoms with Gasteiger partial charge in [-0.25, -0.2) is 0 Å². The largest absolute Gasteiger partial charge is 0.492 e. The molecule has 6 heteroatoms. The summed E-state index contributed by atoms with van der Waals surface area (Å²) in [6, 6.07) is 5.34. The molecule has 4 nitrogen and oxygen atoms in total. The van der Waals surface area contributed by atoms with E-state index in [1.807, 2.05) is 13.0 Å². The molecule has 1 amide bonds. The second kappa shape index (κ2) is 10.0. The van der Waals surface area contributed by atoms with Crippen LogP contribution in [-0.4, -0.2) is 25.6 Å². The molecule has 2 N–H and O–H groups in total. The molecule has 2 unspecified atom stereocenters. The van der Waals surface area contributed by atoms with Gasteiger partial charge in [0, 0.05) is 12.1 Å². The van der Waals surface area contributed by atoms with Gasteiger partial charge in [-0.1, -0.05) is 18.5 Å². The van der Waals surface area contributed by atoms with Crippen molar-refractivity contribution in [1.29, 1.82) is 0 Å². The zero-order chi connectivity index (χ0) is 15.9. The predicted octanol–water partition coefficient (Wildman–Crippen LogP) is 4.12. The van der Waals surface area contributed by atoms with E-state index in [2.05, 4.69) is 17.6 Å². The van der Waals surface area contributed by atoms with Gasteiger partial charge in [0.15, 0.2) is 0 Å². The van der Waals surface area contributed by atoms with E-state index in [1.54, 1.807) is 12.1 Å². The normalized spacial score (nSPS) is 18.7. The van der Waals surface area contributed by atoms with Gasteiger partial charge in [-0.3, -0.25) is 4.79 Å². The molecule has 0 bridgehead atoms. The summed E-state index contributed by atoms with van der Waals surface area (Å²) in [5.41, 5.74) is 0.715. The number of benzene rings is 1. The van der Waals surface area contributed by atoms with E-state index in [0.29, 0.717) is 41.3 Å². The molecule has 1 saturated heterocycles. The van der Waals surface area contributed by atoms with Crippen molar-refractivity contribution in [3.8, 4) is 5.75 Å². The molecule has 130 valence electrons. The highest BCUT2D eigenvalue weighted by Gasteiger charge is 2.22. The van der Waals surface area contributed by atoms with Gasteiger partial charge < -0.3 is 15.4 Å². The number of carbonyl (C=O) groups excluding carboxylic acids is 1. The Balaban J connectivity index is 0.00000264. The highest BCUT2D eigenvalue weighted by Crippen LogP contribution is 2.28. The number of nitrogens with one attached hydrogen (secondary N) is 2. The van der Waals surface area contributed by atoms with E-state index in [-0.39, 0.29) is 18.3 Å². The van der Waals surface area contributed by atoms with E-state index >= 15 is 0 Å². The number of rotatable bonds is 6. The average Bonchev–Trinajstić information content (AvgIpc) is 2.51. The lowest BCUT2D eigenvalue weighted by atomic mass is 9.85. The number of hydrogen-bond acceptors (Lipinski definition) is 3. The predicted molar refractivity (Wildman–Crippen MR) is 97.9 cm³/mol. The minimum absolute atomic E-state index is 0. The molecule has 1 aromatic carbocycles. The fraction of sp³-hybridized carbons (Fsp3) is 0.588. The molecular formula is C17H26Cl2N2O2. The minimum Gasteiger partial charge on any atom is -0.492 e. The third-order valence-corrected chi connectivity index (χ3v) is 4.46. The number of carbonyl (C=O) groups is 1. The van der Waals surface area contributed by atoms with Gasteiger partial charge in [0.1, 0.15) is 5.75 Å². The average molecular weight is 361 g/mol. The van der Waals surface area contributed by atoms with Crippen molar-refractivity contribution in [3.63, 3.8) is 0 Å². The third kappa shape index (κ3) is 6.21. The molecule has 1 aromatic rings. The lowest BCUT2D eigenvalue weighted by Crippen LogP contribution is -2.34. The van der Waals surface area contributed by atoms with Crippen molar-refractivity contribution in [2.75, 3.05) is 25.0 Å². The number of piperidine rings is 1. The molecule has 0 aliphatic carbocycles. The van der Waals surface area contributed by atoms with Crippen LogP contribution in [0.15, 0.2) is 18.2 Å². The Hall–Kier alpha value is -0.970. The van der Waals surface area contributed by atoms with E-state index in [4.69, 9.17) is 16.3 Å². The van der Waals surface area contributed by atoms with Gasteiger partial charge in [0.05, 0.1) is 11.6 Å². The molecule has 0 saturated carbocycles. The van der Waals surface area contributed by atoms with E-state index in [1.165, 1.54) is 12.8 Å². The number of halogens is 2. The maximum atomic E-state index is 12.2. The zero-order valence-corrected chi connectivity index (χ0v) is 15.3. The van der Waals surface area contributed by atoms with Crippen molar-refractivity contribution in [2.45, 2.75) is 33.1 Å². The molecule has 2 atom stereocenters. The smallest absolute Gasteiger partial charge is 0.224 e. The van der Waals surface area contributed by atoms with Gasteiger partial charge in [0.25, 0.3) is 0 Å². The number of anilines is 1. The summed E-state index contributed by atoms with van der Waals surface area (Å²) in [6.45, 7) is 6.75. The highest BCUT2D eigenvalue weighted by molar-refractivity contribution is 6.32. The van der Waals surface area contributed by atoms with Gasteiger partial charge >= 0.3 is 0 Å². The first-order chi connectivity index (χ1) is 10.6. The first kappa shape index (κ1) is 20.1. The molecule has 2 rings (SSSR count). The second-order valence-electron chi connectivity index (χ2n) is 5.91. The number of ether oxygens (including phenoxy) is 1. The summed E-state index contributed by atoms with van der Waals surface area (Å²) in [6.07, 6.45) is 2.94. The molecule has 1 fully saturated rings. The first-order valence-electron chi connectivity index (χ1n) is 8.03. The quantitative estimate of drug-likeness (QED) is 0.801. The van der Waals surface area contributed by atoms with Crippen LogP contribution in [0, 0.1) is 11.8 Å². The van der Waals surface area contributed by atoms with Crippen molar-refractivity contribution in [3.05, 3.63) is 23.2 Å². The van der Waals surface area contributed by atoms with Gasteiger partial charge in [-0.15, -0.1) is 12.4 Å². The first-order valence-corrected chi connectivity index (χ1v) is 8.41. The molecule has 0 aromatic heterocycles. The molecule has 1 heterocycles. The summed E-state index contributed by atoms with van der Waals surface area (Å²) in [5, 5.41) is 6.84. The monoisotopic (exact) mass is 360 g/mol. The van der Waals surface area contributed by atoms with Crippen LogP contribution in [-0.2, 0) is 4.79 Å². The van der Waals surface area contributed by atoms with Crippen LogP contribution >= 0.6 is 24.0 Å². The van der Waals surface area contributed by atoms with Gasteiger partial charge in [0.2, 0.25) is 5.91 Å². The second-order valence-corrected chi connectivity index (χ2v) is 6.32. The maximum absolute atomic E-state index is 12.2. The topological polar surface area (TPSA) is 50.4 Å². The maximum Gasteiger partial charge on any atom is 0.224 e. The zero-order valence-electron chi connectivity index (χ0n) is 13.7.